The molecule has 3 nitrogen and oxygen atoms in total. The van der Waals surface area contributed by atoms with Crippen LogP contribution in [0.1, 0.15) is 15.4 Å². The summed E-state index contributed by atoms with van der Waals surface area (Å²) in [6.07, 6.45) is 6.70. The molecule has 0 aliphatic rings. The van der Waals surface area contributed by atoms with Gasteiger partial charge in [-0.3, -0.25) is 4.98 Å². The van der Waals surface area contributed by atoms with E-state index >= 15 is 0 Å². The SMILES string of the molecule is Cc1ncc(CCNCc2cccnc2)s1. The van der Waals surface area contributed by atoms with Crippen LogP contribution < -0.4 is 5.32 Å². The second-order valence-electron chi connectivity index (χ2n) is 3.63. The second-order valence-corrected chi connectivity index (χ2v) is 4.95. The van der Waals surface area contributed by atoms with Crippen LogP contribution in [0.3, 0.4) is 0 Å². The molecule has 0 fully saturated rings. The van der Waals surface area contributed by atoms with E-state index < -0.39 is 0 Å². The summed E-state index contributed by atoms with van der Waals surface area (Å²) in [5.74, 6) is 0. The van der Waals surface area contributed by atoms with Gasteiger partial charge in [-0.25, -0.2) is 4.98 Å². The van der Waals surface area contributed by atoms with Crippen molar-refractivity contribution in [2.24, 2.45) is 0 Å². The van der Waals surface area contributed by atoms with Crippen LogP contribution in [0.25, 0.3) is 0 Å². The molecular weight excluding hydrogens is 218 g/mol. The van der Waals surface area contributed by atoms with E-state index in [-0.39, 0.29) is 0 Å². The van der Waals surface area contributed by atoms with E-state index in [0.29, 0.717) is 0 Å². The van der Waals surface area contributed by atoms with Gasteiger partial charge in [-0.2, -0.15) is 0 Å². The summed E-state index contributed by atoms with van der Waals surface area (Å²) in [6.45, 7) is 3.90. The average Bonchev–Trinajstić information content (AvgIpc) is 2.72. The van der Waals surface area contributed by atoms with E-state index in [1.165, 1.54) is 10.4 Å². The fourth-order valence-corrected chi connectivity index (χ4v) is 2.26. The van der Waals surface area contributed by atoms with Gasteiger partial charge in [-0.15, -0.1) is 11.3 Å². The first-order chi connectivity index (χ1) is 7.84. The molecule has 0 unspecified atom stereocenters. The van der Waals surface area contributed by atoms with Gasteiger partial charge in [0.15, 0.2) is 0 Å². The van der Waals surface area contributed by atoms with Crippen molar-refractivity contribution >= 4 is 11.3 Å². The van der Waals surface area contributed by atoms with Gasteiger partial charge < -0.3 is 5.32 Å². The van der Waals surface area contributed by atoms with E-state index in [1.807, 2.05) is 25.4 Å². The van der Waals surface area contributed by atoms with Gasteiger partial charge in [-0.05, 0) is 25.0 Å². The second kappa shape index (κ2) is 5.72. The smallest absolute Gasteiger partial charge is 0.0896 e. The Morgan fingerprint density at radius 1 is 1.38 bits per heavy atom. The molecule has 0 saturated heterocycles. The van der Waals surface area contributed by atoms with Crippen molar-refractivity contribution in [3.63, 3.8) is 0 Å². The molecule has 84 valence electrons. The molecule has 2 aromatic rings. The molecular formula is C12H15N3S. The van der Waals surface area contributed by atoms with Crippen molar-refractivity contribution in [1.82, 2.24) is 15.3 Å². The first kappa shape index (κ1) is 11.2. The van der Waals surface area contributed by atoms with Crippen LogP contribution in [-0.2, 0) is 13.0 Å². The molecule has 2 rings (SSSR count). The largest absolute Gasteiger partial charge is 0.312 e. The number of hydrogen-bond donors (Lipinski definition) is 1. The highest BCUT2D eigenvalue weighted by atomic mass is 32.1. The van der Waals surface area contributed by atoms with Crippen LogP contribution in [0.2, 0.25) is 0 Å². The summed E-state index contributed by atoms with van der Waals surface area (Å²) in [4.78, 5) is 9.65. The lowest BCUT2D eigenvalue weighted by atomic mass is 10.3. The molecule has 0 aliphatic carbocycles. The third kappa shape index (κ3) is 3.40. The molecule has 2 heterocycles. The minimum absolute atomic E-state index is 0.881. The molecule has 0 saturated carbocycles. The van der Waals surface area contributed by atoms with Gasteiger partial charge >= 0.3 is 0 Å². The third-order valence-corrected chi connectivity index (χ3v) is 3.24. The van der Waals surface area contributed by atoms with Gasteiger partial charge in [-0.1, -0.05) is 6.07 Å². The summed E-state index contributed by atoms with van der Waals surface area (Å²) in [7, 11) is 0. The number of thiazole rings is 1. The van der Waals surface area contributed by atoms with E-state index in [4.69, 9.17) is 0 Å². The van der Waals surface area contributed by atoms with Gasteiger partial charge in [0.2, 0.25) is 0 Å². The Kier molecular flexibility index (Phi) is 4.02. The number of hydrogen-bond acceptors (Lipinski definition) is 4. The maximum Gasteiger partial charge on any atom is 0.0896 e. The van der Waals surface area contributed by atoms with Crippen LogP contribution in [0, 0.1) is 6.92 Å². The minimum atomic E-state index is 0.881. The quantitative estimate of drug-likeness (QED) is 0.804. The van der Waals surface area contributed by atoms with Crippen molar-refractivity contribution in [2.45, 2.75) is 19.9 Å². The zero-order valence-corrected chi connectivity index (χ0v) is 10.1. The molecule has 4 heteroatoms. The fraction of sp³-hybridized carbons (Fsp3) is 0.333. The lowest BCUT2D eigenvalue weighted by Crippen LogP contribution is -2.16. The van der Waals surface area contributed by atoms with Crippen LogP contribution >= 0.6 is 11.3 Å². The number of nitrogens with zero attached hydrogens (tertiary/aromatic N) is 2. The number of pyridine rings is 1. The van der Waals surface area contributed by atoms with Gasteiger partial charge in [0.1, 0.15) is 0 Å². The van der Waals surface area contributed by atoms with E-state index in [2.05, 4.69) is 21.4 Å². The number of aryl methyl sites for hydroxylation is 1. The number of rotatable bonds is 5. The van der Waals surface area contributed by atoms with Crippen LogP contribution in [0.15, 0.2) is 30.7 Å². The monoisotopic (exact) mass is 233 g/mol. The van der Waals surface area contributed by atoms with E-state index in [0.717, 1.165) is 24.5 Å². The molecule has 0 aliphatic heterocycles. The predicted octanol–water partition coefficient (Wildman–Crippen LogP) is 2.18. The molecule has 16 heavy (non-hydrogen) atoms. The summed E-state index contributed by atoms with van der Waals surface area (Å²) >= 11 is 1.77. The van der Waals surface area contributed by atoms with Crippen molar-refractivity contribution in [3.8, 4) is 0 Å². The lowest BCUT2D eigenvalue weighted by Gasteiger charge is -2.02. The van der Waals surface area contributed by atoms with Gasteiger partial charge in [0.25, 0.3) is 0 Å². The van der Waals surface area contributed by atoms with Crippen molar-refractivity contribution in [2.75, 3.05) is 6.54 Å². The van der Waals surface area contributed by atoms with Crippen molar-refractivity contribution < 1.29 is 0 Å². The molecule has 1 N–H and O–H groups in total. The highest BCUT2D eigenvalue weighted by Gasteiger charge is 1.97. The Hall–Kier alpha value is -1.26. The van der Waals surface area contributed by atoms with Crippen molar-refractivity contribution in [3.05, 3.63) is 46.2 Å². The maximum atomic E-state index is 4.23. The van der Waals surface area contributed by atoms with E-state index in [9.17, 15) is 0 Å². The summed E-state index contributed by atoms with van der Waals surface area (Å²) < 4.78 is 0. The predicted molar refractivity (Wildman–Crippen MR) is 66.5 cm³/mol. The molecule has 0 amide bonds. The molecule has 2 aromatic heterocycles. The zero-order valence-electron chi connectivity index (χ0n) is 9.31. The molecule has 0 radical (unpaired) electrons. The normalized spacial score (nSPS) is 10.6. The Bertz CT molecular complexity index is 425. The zero-order chi connectivity index (χ0) is 11.2. The Labute approximate surface area is 99.6 Å². The summed E-state index contributed by atoms with van der Waals surface area (Å²) in [5.41, 5.74) is 1.22. The summed E-state index contributed by atoms with van der Waals surface area (Å²) in [6, 6.07) is 4.04. The standard InChI is InChI=1S/C12H15N3S/c1-10-15-9-12(16-10)4-6-14-8-11-3-2-5-13-7-11/h2-3,5,7,9,14H,4,6,8H2,1H3. The molecule has 0 bridgehead atoms. The Morgan fingerprint density at radius 2 is 2.31 bits per heavy atom. The third-order valence-electron chi connectivity index (χ3n) is 2.27. The first-order valence-corrected chi connectivity index (χ1v) is 6.17. The molecule has 0 atom stereocenters. The Balaban J connectivity index is 1.69. The van der Waals surface area contributed by atoms with Crippen LogP contribution in [0.4, 0.5) is 0 Å². The average molecular weight is 233 g/mol. The fourth-order valence-electron chi connectivity index (χ4n) is 1.47. The highest BCUT2D eigenvalue weighted by Crippen LogP contribution is 2.11. The molecule has 0 spiro atoms. The maximum absolute atomic E-state index is 4.23. The van der Waals surface area contributed by atoms with Crippen molar-refractivity contribution in [1.29, 1.82) is 0 Å². The van der Waals surface area contributed by atoms with E-state index in [1.54, 1.807) is 17.5 Å². The highest BCUT2D eigenvalue weighted by molar-refractivity contribution is 7.11. The summed E-state index contributed by atoms with van der Waals surface area (Å²) in [5, 5.41) is 4.54. The first-order valence-electron chi connectivity index (χ1n) is 5.35. The van der Waals surface area contributed by atoms with Gasteiger partial charge in [0, 0.05) is 36.6 Å². The topological polar surface area (TPSA) is 37.8 Å². The Morgan fingerprint density at radius 3 is 3.00 bits per heavy atom. The lowest BCUT2D eigenvalue weighted by molar-refractivity contribution is 0.688. The number of nitrogens with one attached hydrogen (secondary N) is 1. The molecule has 0 aromatic carbocycles. The minimum Gasteiger partial charge on any atom is -0.312 e. The van der Waals surface area contributed by atoms with Crippen LogP contribution in [0.5, 0.6) is 0 Å². The van der Waals surface area contributed by atoms with Gasteiger partial charge in [0.05, 0.1) is 5.01 Å². The van der Waals surface area contributed by atoms with Crippen LogP contribution in [-0.4, -0.2) is 16.5 Å². The number of aromatic nitrogens is 2.